The second kappa shape index (κ2) is 6.16. The summed E-state index contributed by atoms with van der Waals surface area (Å²) < 4.78 is 17.7. The zero-order valence-corrected chi connectivity index (χ0v) is 16.2. The van der Waals surface area contributed by atoms with Crippen molar-refractivity contribution in [3.63, 3.8) is 0 Å². The van der Waals surface area contributed by atoms with Gasteiger partial charge in [0.05, 0.1) is 11.9 Å². The fourth-order valence-corrected chi connectivity index (χ4v) is 3.15. The van der Waals surface area contributed by atoms with Crippen LogP contribution in [0.1, 0.15) is 34.6 Å². The average molecular weight is 367 g/mol. The average Bonchev–Trinajstić information content (AvgIpc) is 2.59. The first kappa shape index (κ1) is 18.3. The zero-order valence-electron chi connectivity index (χ0n) is 13.6. The minimum Gasteiger partial charge on any atom is -0.414 e. The molecule has 1 rings (SSSR count). The summed E-state index contributed by atoms with van der Waals surface area (Å²) >= 11 is 3.19. The number of hydrogen-bond donors (Lipinski definition) is 0. The summed E-state index contributed by atoms with van der Waals surface area (Å²) in [6.07, 6.45) is -0.877. The molecule has 6 heteroatoms. The molecular formula is C14H27BrO4Si. The van der Waals surface area contributed by atoms with Crippen LogP contribution in [-0.2, 0) is 18.7 Å². The Labute approximate surface area is 131 Å². The fraction of sp³-hybridized carbons (Fsp3) is 0.929. The van der Waals surface area contributed by atoms with Crippen LogP contribution in [0.15, 0.2) is 0 Å². The van der Waals surface area contributed by atoms with Gasteiger partial charge in [0.15, 0.2) is 19.9 Å². The van der Waals surface area contributed by atoms with Crippen LogP contribution < -0.4 is 0 Å². The van der Waals surface area contributed by atoms with Gasteiger partial charge in [-0.05, 0) is 32.0 Å². The fourth-order valence-electron chi connectivity index (χ4n) is 1.81. The van der Waals surface area contributed by atoms with E-state index in [-0.39, 0.29) is 22.3 Å². The summed E-state index contributed by atoms with van der Waals surface area (Å²) in [5, 5.41) is 0.407. The third kappa shape index (κ3) is 4.37. The summed E-state index contributed by atoms with van der Waals surface area (Å²) in [5.74, 6) is -0.733. The maximum Gasteiger partial charge on any atom is 0.192 e. The van der Waals surface area contributed by atoms with Gasteiger partial charge >= 0.3 is 0 Å². The Morgan fingerprint density at radius 3 is 2.30 bits per heavy atom. The molecule has 0 amide bonds. The molecule has 118 valence electrons. The van der Waals surface area contributed by atoms with Crippen molar-refractivity contribution in [3.8, 4) is 0 Å². The quantitative estimate of drug-likeness (QED) is 0.551. The molecule has 4 nitrogen and oxygen atoms in total. The van der Waals surface area contributed by atoms with Crippen molar-refractivity contribution in [2.45, 2.75) is 70.7 Å². The molecule has 0 aromatic heterocycles. The van der Waals surface area contributed by atoms with Crippen LogP contribution in [0.3, 0.4) is 0 Å². The maximum absolute atomic E-state index is 11.9. The van der Waals surface area contributed by atoms with E-state index < -0.39 is 20.2 Å². The second-order valence-electron chi connectivity index (χ2n) is 7.27. The first-order valence-electron chi connectivity index (χ1n) is 6.98. The van der Waals surface area contributed by atoms with Crippen molar-refractivity contribution < 1.29 is 18.7 Å². The SMILES string of the molecule is CC1(C)O[C@H](C(=O)CBr)[C@@H](CO[Si](C)(C)C(C)(C)C)O1. The Morgan fingerprint density at radius 1 is 1.30 bits per heavy atom. The van der Waals surface area contributed by atoms with E-state index >= 15 is 0 Å². The van der Waals surface area contributed by atoms with Gasteiger partial charge in [-0.2, -0.15) is 0 Å². The van der Waals surface area contributed by atoms with E-state index in [1.54, 1.807) is 0 Å². The first-order chi connectivity index (χ1) is 8.89. The molecule has 1 saturated heterocycles. The number of halogens is 1. The van der Waals surface area contributed by atoms with Gasteiger partial charge in [-0.1, -0.05) is 36.7 Å². The van der Waals surface area contributed by atoms with Crippen molar-refractivity contribution in [1.29, 1.82) is 0 Å². The molecule has 1 heterocycles. The first-order valence-corrected chi connectivity index (χ1v) is 11.0. The summed E-state index contributed by atoms with van der Waals surface area (Å²) in [7, 11) is -1.85. The third-order valence-corrected chi connectivity index (χ3v) is 9.10. The van der Waals surface area contributed by atoms with E-state index in [1.165, 1.54) is 0 Å². The minimum absolute atomic E-state index is 0.000550. The van der Waals surface area contributed by atoms with Gasteiger partial charge in [-0.15, -0.1) is 0 Å². The Kier molecular flexibility index (Phi) is 5.64. The van der Waals surface area contributed by atoms with E-state index in [0.29, 0.717) is 6.61 Å². The van der Waals surface area contributed by atoms with Gasteiger partial charge in [-0.25, -0.2) is 0 Å². The second-order valence-corrected chi connectivity index (χ2v) is 12.6. The monoisotopic (exact) mass is 366 g/mol. The van der Waals surface area contributed by atoms with Crippen LogP contribution in [-0.4, -0.2) is 44.0 Å². The van der Waals surface area contributed by atoms with Crippen LogP contribution in [0, 0.1) is 0 Å². The maximum atomic E-state index is 11.9. The molecule has 0 saturated carbocycles. The highest BCUT2D eigenvalue weighted by molar-refractivity contribution is 9.09. The number of carbonyl (C=O) groups excluding carboxylic acids is 1. The lowest BCUT2D eigenvalue weighted by atomic mass is 10.1. The smallest absolute Gasteiger partial charge is 0.192 e. The van der Waals surface area contributed by atoms with Gasteiger partial charge in [0.1, 0.15) is 12.2 Å². The number of Topliss-reactive ketones (excluding diaryl/α,β-unsaturated/α-hetero) is 1. The lowest BCUT2D eigenvalue weighted by molar-refractivity contribution is -0.154. The molecule has 0 spiro atoms. The molecule has 0 aromatic carbocycles. The number of ether oxygens (including phenoxy) is 2. The highest BCUT2D eigenvalue weighted by atomic mass is 79.9. The molecule has 1 aliphatic rings. The lowest BCUT2D eigenvalue weighted by Crippen LogP contribution is -2.45. The molecule has 0 N–H and O–H groups in total. The van der Waals surface area contributed by atoms with Crippen molar-refractivity contribution in [2.75, 3.05) is 11.9 Å². The molecule has 0 unspecified atom stereocenters. The van der Waals surface area contributed by atoms with Gasteiger partial charge < -0.3 is 13.9 Å². The predicted octanol–water partition coefficient (Wildman–Crippen LogP) is 3.49. The molecule has 0 aromatic rings. The molecule has 1 aliphatic heterocycles. The Morgan fingerprint density at radius 2 is 1.85 bits per heavy atom. The predicted molar refractivity (Wildman–Crippen MR) is 85.8 cm³/mol. The summed E-state index contributed by atoms with van der Waals surface area (Å²) in [6.45, 7) is 15.0. The summed E-state index contributed by atoms with van der Waals surface area (Å²) in [4.78, 5) is 11.9. The highest BCUT2D eigenvalue weighted by Gasteiger charge is 2.46. The van der Waals surface area contributed by atoms with Gasteiger partial charge in [0.25, 0.3) is 0 Å². The molecular weight excluding hydrogens is 340 g/mol. The van der Waals surface area contributed by atoms with Crippen molar-refractivity contribution in [3.05, 3.63) is 0 Å². The number of ketones is 1. The summed E-state index contributed by atoms with van der Waals surface area (Å²) in [6, 6.07) is 0. The number of alkyl halides is 1. The topological polar surface area (TPSA) is 44.8 Å². The Balaban J connectivity index is 2.73. The largest absolute Gasteiger partial charge is 0.414 e. The van der Waals surface area contributed by atoms with Gasteiger partial charge in [0.2, 0.25) is 0 Å². The van der Waals surface area contributed by atoms with Crippen molar-refractivity contribution in [2.24, 2.45) is 0 Å². The van der Waals surface area contributed by atoms with Crippen LogP contribution in [0.2, 0.25) is 18.1 Å². The normalized spacial score (nSPS) is 26.8. The molecule has 20 heavy (non-hydrogen) atoms. The molecule has 1 fully saturated rings. The van der Waals surface area contributed by atoms with E-state index in [9.17, 15) is 4.79 Å². The standard InChI is InChI=1S/C14H27BrO4Si/c1-13(2,3)20(6,7)17-9-11-12(10(16)8-15)19-14(4,5)18-11/h11-12H,8-9H2,1-7H3/t11-,12-/m1/s1. The third-order valence-electron chi connectivity index (χ3n) is 4.05. The van der Waals surface area contributed by atoms with Gasteiger partial charge in [0, 0.05) is 0 Å². The number of rotatable bonds is 5. The van der Waals surface area contributed by atoms with Crippen LogP contribution >= 0.6 is 15.9 Å². The van der Waals surface area contributed by atoms with Crippen molar-refractivity contribution in [1.82, 2.24) is 0 Å². The Hall–Kier alpha value is 0.247. The van der Waals surface area contributed by atoms with Crippen molar-refractivity contribution >= 4 is 30.0 Å². The van der Waals surface area contributed by atoms with E-state index in [1.807, 2.05) is 13.8 Å². The van der Waals surface area contributed by atoms with Crippen LogP contribution in [0.25, 0.3) is 0 Å². The van der Waals surface area contributed by atoms with Gasteiger partial charge in [-0.3, -0.25) is 4.79 Å². The zero-order chi connectivity index (χ0) is 15.8. The van der Waals surface area contributed by atoms with E-state index in [0.717, 1.165) is 0 Å². The molecule has 0 radical (unpaired) electrons. The number of hydrogen-bond acceptors (Lipinski definition) is 4. The summed E-state index contributed by atoms with van der Waals surface area (Å²) in [5.41, 5.74) is 0. The van der Waals surface area contributed by atoms with Crippen LogP contribution in [0.5, 0.6) is 0 Å². The molecule has 2 atom stereocenters. The van der Waals surface area contributed by atoms with Crippen LogP contribution in [0.4, 0.5) is 0 Å². The number of carbonyl (C=O) groups is 1. The molecule has 0 bridgehead atoms. The minimum atomic E-state index is -1.85. The van der Waals surface area contributed by atoms with E-state index in [4.69, 9.17) is 13.9 Å². The molecule has 0 aliphatic carbocycles. The van der Waals surface area contributed by atoms with E-state index in [2.05, 4.69) is 49.8 Å². The highest BCUT2D eigenvalue weighted by Crippen LogP contribution is 2.37. The Bertz CT molecular complexity index is 363. The lowest BCUT2D eigenvalue weighted by Gasteiger charge is -2.37.